The number of furan rings is 1. The summed E-state index contributed by atoms with van der Waals surface area (Å²) in [6.07, 6.45) is 0.767. The number of nitrogens with one attached hydrogen (secondary N) is 1. The van der Waals surface area contributed by atoms with Crippen LogP contribution in [0.15, 0.2) is 71.1 Å². The van der Waals surface area contributed by atoms with Crippen LogP contribution in [-0.2, 0) is 27.0 Å². The van der Waals surface area contributed by atoms with Gasteiger partial charge in [0.15, 0.2) is 0 Å². The van der Waals surface area contributed by atoms with Gasteiger partial charge in [-0.2, -0.15) is 0 Å². The fourth-order valence-corrected chi connectivity index (χ4v) is 3.30. The highest BCUT2D eigenvalue weighted by atomic mass is 32.2. The number of aryl methyl sites for hydroxylation is 1. The minimum Gasteiger partial charge on any atom is -0.461 e. The molecule has 2 aromatic carbocycles. The van der Waals surface area contributed by atoms with E-state index < -0.39 is 10.0 Å². The van der Waals surface area contributed by atoms with Gasteiger partial charge in [-0.25, -0.2) is 13.6 Å². The van der Waals surface area contributed by atoms with Gasteiger partial charge in [0.05, 0.1) is 5.75 Å². The van der Waals surface area contributed by atoms with Crippen LogP contribution >= 0.6 is 0 Å². The van der Waals surface area contributed by atoms with Crippen LogP contribution < -0.4 is 10.5 Å². The summed E-state index contributed by atoms with van der Waals surface area (Å²) >= 11 is 0. The van der Waals surface area contributed by atoms with Crippen LogP contribution in [-0.4, -0.2) is 14.3 Å². The second-order valence-corrected chi connectivity index (χ2v) is 7.80. The van der Waals surface area contributed by atoms with Crippen molar-refractivity contribution in [2.75, 3.05) is 5.32 Å². The molecule has 0 aliphatic rings. The molecule has 0 saturated heterocycles. The number of hydrogen-bond acceptors (Lipinski definition) is 4. The molecule has 0 fully saturated rings. The van der Waals surface area contributed by atoms with E-state index in [9.17, 15) is 13.2 Å². The van der Waals surface area contributed by atoms with Gasteiger partial charge in [-0.3, -0.25) is 4.79 Å². The Balaban J connectivity index is 1.52. The predicted molar refractivity (Wildman–Crippen MR) is 104 cm³/mol. The first kappa shape index (κ1) is 18.9. The lowest BCUT2D eigenvalue weighted by molar-refractivity contribution is -0.116. The Hall–Kier alpha value is -2.90. The molecule has 3 N–H and O–H groups in total. The van der Waals surface area contributed by atoms with E-state index in [2.05, 4.69) is 5.32 Å². The Morgan fingerprint density at radius 3 is 2.33 bits per heavy atom. The zero-order valence-corrected chi connectivity index (χ0v) is 15.4. The summed E-state index contributed by atoms with van der Waals surface area (Å²) in [7, 11) is -3.57. The van der Waals surface area contributed by atoms with E-state index >= 15 is 0 Å². The van der Waals surface area contributed by atoms with Crippen LogP contribution in [0.5, 0.6) is 0 Å². The number of sulfonamides is 1. The van der Waals surface area contributed by atoms with Gasteiger partial charge in [0.1, 0.15) is 11.5 Å². The Kier molecular flexibility index (Phi) is 5.73. The zero-order chi connectivity index (χ0) is 19.3. The Labute approximate surface area is 158 Å². The predicted octanol–water partition coefficient (Wildman–Crippen LogP) is 3.31. The molecule has 7 heteroatoms. The molecule has 0 unspecified atom stereocenters. The van der Waals surface area contributed by atoms with Crippen molar-refractivity contribution in [1.82, 2.24) is 0 Å². The lowest BCUT2D eigenvalue weighted by atomic mass is 10.2. The van der Waals surface area contributed by atoms with E-state index in [1.54, 1.807) is 24.3 Å². The average molecular weight is 384 g/mol. The van der Waals surface area contributed by atoms with Crippen LogP contribution in [0.4, 0.5) is 5.69 Å². The van der Waals surface area contributed by atoms with Crippen LogP contribution in [0.1, 0.15) is 17.7 Å². The molecule has 140 valence electrons. The third-order valence-electron chi connectivity index (χ3n) is 3.92. The maximum Gasteiger partial charge on any atom is 0.224 e. The van der Waals surface area contributed by atoms with Crippen molar-refractivity contribution in [2.24, 2.45) is 5.14 Å². The van der Waals surface area contributed by atoms with Crippen molar-refractivity contribution < 1.29 is 17.6 Å². The minimum absolute atomic E-state index is 0.146. The normalized spacial score (nSPS) is 11.3. The first-order valence-corrected chi connectivity index (χ1v) is 10.1. The monoisotopic (exact) mass is 384 g/mol. The van der Waals surface area contributed by atoms with Crippen molar-refractivity contribution in [3.05, 3.63) is 78.1 Å². The van der Waals surface area contributed by atoms with E-state index in [0.717, 1.165) is 17.1 Å². The number of anilines is 1. The smallest absolute Gasteiger partial charge is 0.224 e. The molecular weight excluding hydrogens is 364 g/mol. The summed E-state index contributed by atoms with van der Waals surface area (Å²) in [5.74, 6) is 1.14. The number of hydrogen-bond donors (Lipinski definition) is 2. The summed E-state index contributed by atoms with van der Waals surface area (Å²) in [4.78, 5) is 12.1. The largest absolute Gasteiger partial charge is 0.461 e. The van der Waals surface area contributed by atoms with Gasteiger partial charge in [-0.05, 0) is 29.8 Å². The number of primary sulfonamides is 1. The molecule has 0 saturated carbocycles. The highest BCUT2D eigenvalue weighted by Crippen LogP contribution is 2.22. The van der Waals surface area contributed by atoms with Crippen LogP contribution in [0.25, 0.3) is 11.3 Å². The van der Waals surface area contributed by atoms with Crippen LogP contribution in [0.3, 0.4) is 0 Å². The van der Waals surface area contributed by atoms with Crippen LogP contribution in [0.2, 0.25) is 0 Å². The van der Waals surface area contributed by atoms with Crippen molar-refractivity contribution in [3.63, 3.8) is 0 Å². The van der Waals surface area contributed by atoms with Crippen LogP contribution in [0, 0.1) is 0 Å². The molecule has 0 bridgehead atoms. The standard InChI is InChI=1S/C20H20N2O4S/c21-27(24,25)14-15-6-8-17(9-7-15)22-20(23)13-11-18-10-12-19(26-18)16-4-2-1-3-5-16/h1-10,12H,11,13-14H2,(H,22,23)(H2,21,24,25). The number of carbonyl (C=O) groups is 1. The first-order chi connectivity index (χ1) is 12.9. The lowest BCUT2D eigenvalue weighted by Gasteiger charge is -2.06. The molecule has 1 amide bonds. The summed E-state index contributed by atoms with van der Waals surface area (Å²) in [5.41, 5.74) is 2.16. The Morgan fingerprint density at radius 1 is 0.963 bits per heavy atom. The quantitative estimate of drug-likeness (QED) is 0.652. The molecule has 1 aromatic heterocycles. The molecule has 1 heterocycles. The average Bonchev–Trinajstić information content (AvgIpc) is 3.10. The van der Waals surface area contributed by atoms with Crippen molar-refractivity contribution in [1.29, 1.82) is 0 Å². The SMILES string of the molecule is NS(=O)(=O)Cc1ccc(NC(=O)CCc2ccc(-c3ccccc3)o2)cc1. The summed E-state index contributed by atoms with van der Waals surface area (Å²) in [6.45, 7) is 0. The van der Waals surface area contributed by atoms with Gasteiger partial charge in [-0.1, -0.05) is 42.5 Å². The highest BCUT2D eigenvalue weighted by molar-refractivity contribution is 7.88. The molecule has 0 atom stereocenters. The van der Waals surface area contributed by atoms with Gasteiger partial charge < -0.3 is 9.73 Å². The number of rotatable bonds is 7. The molecule has 0 aliphatic heterocycles. The van der Waals surface area contributed by atoms with Gasteiger partial charge in [0.25, 0.3) is 0 Å². The van der Waals surface area contributed by atoms with Gasteiger partial charge >= 0.3 is 0 Å². The maximum atomic E-state index is 12.1. The second-order valence-electron chi connectivity index (χ2n) is 6.18. The molecule has 3 aromatic rings. The summed E-state index contributed by atoms with van der Waals surface area (Å²) in [5, 5.41) is 7.79. The Bertz CT molecular complexity index is 1010. The maximum absolute atomic E-state index is 12.1. The lowest BCUT2D eigenvalue weighted by Crippen LogP contribution is -2.15. The molecule has 0 radical (unpaired) electrons. The number of amides is 1. The fourth-order valence-electron chi connectivity index (χ4n) is 2.65. The number of benzene rings is 2. The van der Waals surface area contributed by atoms with E-state index in [-0.39, 0.29) is 18.1 Å². The minimum atomic E-state index is -3.57. The van der Waals surface area contributed by atoms with Crippen molar-refractivity contribution in [3.8, 4) is 11.3 Å². The van der Waals surface area contributed by atoms with Crippen molar-refractivity contribution in [2.45, 2.75) is 18.6 Å². The van der Waals surface area contributed by atoms with Crippen molar-refractivity contribution >= 4 is 21.6 Å². The molecule has 3 rings (SSSR count). The summed E-state index contributed by atoms with van der Waals surface area (Å²) < 4.78 is 27.9. The third kappa shape index (κ3) is 5.80. The van der Waals surface area contributed by atoms with E-state index in [0.29, 0.717) is 17.7 Å². The molecule has 6 nitrogen and oxygen atoms in total. The number of nitrogens with two attached hydrogens (primary N) is 1. The topological polar surface area (TPSA) is 102 Å². The molecular formula is C20H20N2O4S. The first-order valence-electron chi connectivity index (χ1n) is 8.42. The third-order valence-corrected chi connectivity index (χ3v) is 4.66. The second kappa shape index (κ2) is 8.20. The number of carbonyl (C=O) groups excluding carboxylic acids is 1. The molecule has 27 heavy (non-hydrogen) atoms. The molecule has 0 aliphatic carbocycles. The van der Waals surface area contributed by atoms with Gasteiger partial charge in [-0.15, -0.1) is 0 Å². The Morgan fingerprint density at radius 2 is 1.67 bits per heavy atom. The molecule has 0 spiro atoms. The fraction of sp³-hybridized carbons (Fsp3) is 0.150. The van der Waals surface area contributed by atoms with E-state index in [4.69, 9.17) is 9.56 Å². The van der Waals surface area contributed by atoms with E-state index in [1.165, 1.54) is 0 Å². The van der Waals surface area contributed by atoms with Gasteiger partial charge in [0.2, 0.25) is 15.9 Å². The highest BCUT2D eigenvalue weighted by Gasteiger charge is 2.09. The zero-order valence-electron chi connectivity index (χ0n) is 14.6. The van der Waals surface area contributed by atoms with E-state index in [1.807, 2.05) is 42.5 Å². The summed E-state index contributed by atoms with van der Waals surface area (Å²) in [6, 6.07) is 20.1. The van der Waals surface area contributed by atoms with Gasteiger partial charge in [0, 0.05) is 24.1 Å².